The van der Waals surface area contributed by atoms with Gasteiger partial charge in [0.15, 0.2) is 11.5 Å². The van der Waals surface area contributed by atoms with Crippen molar-refractivity contribution >= 4 is 34.2 Å². The molecule has 1 aromatic heterocycles. The lowest BCUT2D eigenvalue weighted by Gasteiger charge is -2.41. The van der Waals surface area contributed by atoms with Crippen LogP contribution in [0.4, 0.5) is 5.69 Å². The molecule has 3 aromatic rings. The number of aromatic carboxylic acids is 1. The molecule has 0 amide bonds. The summed E-state index contributed by atoms with van der Waals surface area (Å²) in [5, 5.41) is 14.0. The molecule has 0 bridgehead atoms. The monoisotopic (exact) mass is 555 g/mol. The Morgan fingerprint density at radius 1 is 1.18 bits per heavy atom. The molecule has 1 saturated heterocycles. The largest absolute Gasteiger partial charge is 0.493 e. The first-order chi connectivity index (χ1) is 18.8. The summed E-state index contributed by atoms with van der Waals surface area (Å²) in [6.07, 6.45) is 4.66. The van der Waals surface area contributed by atoms with E-state index in [2.05, 4.69) is 17.1 Å². The van der Waals surface area contributed by atoms with Gasteiger partial charge in [0.1, 0.15) is 5.56 Å². The summed E-state index contributed by atoms with van der Waals surface area (Å²) in [5.74, 6) is 0.634. The molecule has 3 heterocycles. The Labute approximate surface area is 232 Å². The summed E-state index contributed by atoms with van der Waals surface area (Å²) < 4.78 is 18.7. The van der Waals surface area contributed by atoms with Crippen LogP contribution in [0.15, 0.2) is 29.2 Å². The van der Waals surface area contributed by atoms with Gasteiger partial charge in [0.2, 0.25) is 11.2 Å². The Hall–Kier alpha value is -3.43. The first-order valence-electron chi connectivity index (χ1n) is 13.2. The van der Waals surface area contributed by atoms with Gasteiger partial charge in [-0.2, -0.15) is 0 Å². The van der Waals surface area contributed by atoms with Crippen molar-refractivity contribution in [3.8, 4) is 17.2 Å². The lowest BCUT2D eigenvalue weighted by atomic mass is 9.92. The van der Waals surface area contributed by atoms with Gasteiger partial charge < -0.3 is 34.1 Å². The van der Waals surface area contributed by atoms with Gasteiger partial charge in [-0.05, 0) is 50.3 Å². The third-order valence-electron chi connectivity index (χ3n) is 8.03. The molecule has 0 radical (unpaired) electrons. The van der Waals surface area contributed by atoms with Gasteiger partial charge in [0.25, 0.3) is 0 Å². The number of methoxy groups -OCH3 is 3. The number of carboxylic acids is 1. The average molecular weight is 556 g/mol. The van der Waals surface area contributed by atoms with Crippen LogP contribution in [0.25, 0.3) is 10.9 Å². The molecule has 208 valence electrons. The van der Waals surface area contributed by atoms with Crippen molar-refractivity contribution in [3.63, 3.8) is 0 Å². The number of nitrogens with one attached hydrogen (secondary N) is 1. The molecule has 2 unspecified atom stereocenters. The molecular weight excluding hydrogens is 522 g/mol. The Balaban J connectivity index is 1.55. The maximum atomic E-state index is 13.1. The topological polar surface area (TPSA) is 102 Å². The molecule has 2 aliphatic rings. The molecular formula is C29H34ClN3O6. The molecule has 10 heteroatoms. The second-order valence-corrected chi connectivity index (χ2v) is 10.5. The van der Waals surface area contributed by atoms with Crippen LogP contribution in [0.1, 0.15) is 47.3 Å². The van der Waals surface area contributed by atoms with Crippen molar-refractivity contribution < 1.29 is 24.1 Å². The Bertz CT molecular complexity index is 1490. The van der Waals surface area contributed by atoms with E-state index >= 15 is 0 Å². The summed E-state index contributed by atoms with van der Waals surface area (Å²) in [6, 6.07) is 5.77. The molecule has 2 N–H and O–H groups in total. The van der Waals surface area contributed by atoms with E-state index in [-0.39, 0.29) is 17.6 Å². The minimum Gasteiger partial charge on any atom is -0.493 e. The van der Waals surface area contributed by atoms with Crippen LogP contribution < -0.4 is 29.9 Å². The summed E-state index contributed by atoms with van der Waals surface area (Å²) in [7, 11) is 4.83. The van der Waals surface area contributed by atoms with Gasteiger partial charge in [0, 0.05) is 48.9 Å². The van der Waals surface area contributed by atoms with Crippen molar-refractivity contribution in [1.29, 1.82) is 0 Å². The number of hydrogen-bond acceptors (Lipinski definition) is 7. The van der Waals surface area contributed by atoms with Gasteiger partial charge in [-0.3, -0.25) is 4.79 Å². The van der Waals surface area contributed by atoms with Crippen molar-refractivity contribution in [1.82, 2.24) is 9.88 Å². The second kappa shape index (κ2) is 11.0. The fourth-order valence-corrected chi connectivity index (χ4v) is 6.42. The molecule has 0 spiro atoms. The smallest absolute Gasteiger partial charge is 0.341 e. The highest BCUT2D eigenvalue weighted by Gasteiger charge is 2.32. The van der Waals surface area contributed by atoms with Crippen LogP contribution in [0.5, 0.6) is 17.2 Å². The number of benzene rings is 2. The first kappa shape index (κ1) is 27.1. The molecule has 9 nitrogen and oxygen atoms in total. The van der Waals surface area contributed by atoms with E-state index in [1.165, 1.54) is 6.20 Å². The van der Waals surface area contributed by atoms with E-state index in [0.29, 0.717) is 27.7 Å². The zero-order valence-corrected chi connectivity index (χ0v) is 23.4. The zero-order chi connectivity index (χ0) is 27.8. The first-order valence-corrected chi connectivity index (χ1v) is 13.6. The van der Waals surface area contributed by atoms with Crippen LogP contribution >= 0.6 is 11.6 Å². The number of carboxylic acid groups (broad SMARTS) is 1. The highest BCUT2D eigenvalue weighted by Crippen LogP contribution is 2.43. The van der Waals surface area contributed by atoms with Crippen molar-refractivity contribution in [2.24, 2.45) is 0 Å². The van der Waals surface area contributed by atoms with Gasteiger partial charge in [-0.25, -0.2) is 4.79 Å². The quantitative estimate of drug-likeness (QED) is 0.424. The number of halogens is 1. The van der Waals surface area contributed by atoms with E-state index in [4.69, 9.17) is 25.8 Å². The third kappa shape index (κ3) is 4.67. The number of hydrogen-bond donors (Lipinski definition) is 2. The number of aromatic nitrogens is 1. The standard InChI is InChI=1S/C29H34ClN3O6/c1-16-5-9-19-24-20(26(34)21(29(35)36)15-33(16)24)13-22(30)25(19)32-12-11-31-14-18(32)8-6-17-7-10-23(37-2)28(39-4)27(17)38-3/h7,10,13,15-16,18,31H,5-6,8-9,11-12,14H2,1-4H3,(H,35,36). The van der Waals surface area contributed by atoms with E-state index in [9.17, 15) is 14.7 Å². The molecule has 0 saturated carbocycles. The third-order valence-corrected chi connectivity index (χ3v) is 8.32. The van der Waals surface area contributed by atoms with Crippen molar-refractivity contribution in [2.45, 2.75) is 44.7 Å². The van der Waals surface area contributed by atoms with Crippen molar-refractivity contribution in [3.05, 3.63) is 56.3 Å². The van der Waals surface area contributed by atoms with Crippen LogP contribution in [0.3, 0.4) is 0 Å². The molecule has 2 aliphatic heterocycles. The zero-order valence-electron chi connectivity index (χ0n) is 22.7. The number of pyridine rings is 1. The maximum absolute atomic E-state index is 13.1. The number of rotatable bonds is 8. The Kier molecular flexibility index (Phi) is 7.64. The Morgan fingerprint density at radius 2 is 1.95 bits per heavy atom. The van der Waals surface area contributed by atoms with Crippen LogP contribution in [0.2, 0.25) is 5.02 Å². The van der Waals surface area contributed by atoms with Crippen LogP contribution in [0, 0.1) is 0 Å². The molecule has 2 aromatic carbocycles. The van der Waals surface area contributed by atoms with Crippen LogP contribution in [-0.4, -0.2) is 62.6 Å². The maximum Gasteiger partial charge on any atom is 0.341 e. The lowest BCUT2D eigenvalue weighted by molar-refractivity contribution is 0.0694. The van der Waals surface area contributed by atoms with E-state index in [1.54, 1.807) is 27.4 Å². The minimum absolute atomic E-state index is 0.0732. The Morgan fingerprint density at radius 3 is 2.64 bits per heavy atom. The second-order valence-electron chi connectivity index (χ2n) is 10.1. The molecule has 39 heavy (non-hydrogen) atoms. The highest BCUT2D eigenvalue weighted by molar-refractivity contribution is 6.34. The number of anilines is 1. The van der Waals surface area contributed by atoms with E-state index in [1.807, 2.05) is 16.7 Å². The van der Waals surface area contributed by atoms with Gasteiger partial charge in [-0.15, -0.1) is 0 Å². The number of piperazine rings is 1. The lowest BCUT2D eigenvalue weighted by Crippen LogP contribution is -2.52. The molecule has 2 atom stereocenters. The minimum atomic E-state index is -1.22. The number of ether oxygens (including phenoxy) is 3. The summed E-state index contributed by atoms with van der Waals surface area (Å²) in [4.78, 5) is 27.3. The summed E-state index contributed by atoms with van der Waals surface area (Å²) >= 11 is 6.93. The fourth-order valence-electron chi connectivity index (χ4n) is 6.09. The normalized spacial score (nSPS) is 18.7. The van der Waals surface area contributed by atoms with Gasteiger partial charge in [-0.1, -0.05) is 17.7 Å². The van der Waals surface area contributed by atoms with E-state index < -0.39 is 11.4 Å². The molecule has 5 rings (SSSR count). The number of aryl methyl sites for hydroxylation is 2. The predicted octanol–water partition coefficient (Wildman–Crippen LogP) is 4.30. The summed E-state index contributed by atoms with van der Waals surface area (Å²) in [6.45, 7) is 4.41. The summed E-state index contributed by atoms with van der Waals surface area (Å²) in [5.41, 5.74) is 3.06. The van der Waals surface area contributed by atoms with Gasteiger partial charge in [0.05, 0.1) is 37.6 Å². The molecule has 1 fully saturated rings. The van der Waals surface area contributed by atoms with Gasteiger partial charge >= 0.3 is 5.97 Å². The average Bonchev–Trinajstić information content (AvgIpc) is 2.94. The number of carbonyl (C=O) groups is 1. The van der Waals surface area contributed by atoms with Crippen molar-refractivity contribution in [2.75, 3.05) is 45.9 Å². The molecule has 0 aliphatic carbocycles. The predicted molar refractivity (Wildman–Crippen MR) is 152 cm³/mol. The highest BCUT2D eigenvalue weighted by atomic mass is 35.5. The van der Waals surface area contributed by atoms with E-state index in [0.717, 1.165) is 67.6 Å². The SMILES string of the molecule is COc1ccc(CCC2CNCCN2c2c(Cl)cc3c(=O)c(C(=O)O)cn4c3c2CCC4C)c(OC)c1OC. The number of nitrogens with zero attached hydrogens (tertiary/aromatic N) is 2. The van der Waals surface area contributed by atoms with Crippen LogP contribution in [-0.2, 0) is 12.8 Å². The fraction of sp³-hybridized carbons (Fsp3) is 0.448.